The lowest BCUT2D eigenvalue weighted by Crippen LogP contribution is -2.16. The molecule has 0 amide bonds. The SMILES string of the molecule is CCC(C)OP(=O)(O)C(=NOC(=O)COc1ccc(Cl)c(Cl)c1)c1ccc(Cl)cc1. The van der Waals surface area contributed by atoms with Crippen molar-refractivity contribution in [3.63, 3.8) is 0 Å². The molecule has 2 unspecified atom stereocenters. The fourth-order valence-electron chi connectivity index (χ4n) is 2.06. The largest absolute Gasteiger partial charge is 0.482 e. The summed E-state index contributed by atoms with van der Waals surface area (Å²) >= 11 is 17.6. The van der Waals surface area contributed by atoms with E-state index in [4.69, 9.17) is 48.9 Å². The van der Waals surface area contributed by atoms with E-state index < -0.39 is 31.7 Å². The van der Waals surface area contributed by atoms with Gasteiger partial charge in [0.05, 0.1) is 16.1 Å². The van der Waals surface area contributed by atoms with Gasteiger partial charge in [0, 0.05) is 16.7 Å². The number of carbonyl (C=O) groups excluding carboxylic acids is 1. The first-order valence-electron chi connectivity index (χ1n) is 8.75. The van der Waals surface area contributed by atoms with Crippen molar-refractivity contribution in [2.24, 2.45) is 5.16 Å². The highest BCUT2D eigenvalue weighted by Gasteiger charge is 2.32. The predicted molar refractivity (Wildman–Crippen MR) is 117 cm³/mol. The second-order valence-electron chi connectivity index (χ2n) is 6.09. The molecule has 0 saturated heterocycles. The molecular formula is C19H19Cl3NO6P. The highest BCUT2D eigenvalue weighted by atomic mass is 35.5. The Labute approximate surface area is 189 Å². The Kier molecular flexibility index (Phi) is 9.16. The summed E-state index contributed by atoms with van der Waals surface area (Å²) in [6.07, 6.45) is -0.0255. The van der Waals surface area contributed by atoms with E-state index in [2.05, 4.69) is 5.16 Å². The summed E-state index contributed by atoms with van der Waals surface area (Å²) in [6.45, 7) is 2.92. The lowest BCUT2D eigenvalue weighted by atomic mass is 10.2. The maximum Gasteiger partial charge on any atom is 0.381 e. The average Bonchev–Trinajstić information content (AvgIpc) is 2.69. The number of nitrogens with zero attached hydrogens (tertiary/aromatic N) is 1. The molecule has 0 aliphatic rings. The van der Waals surface area contributed by atoms with Gasteiger partial charge in [0.25, 0.3) is 0 Å². The van der Waals surface area contributed by atoms with E-state index in [0.29, 0.717) is 16.5 Å². The molecule has 7 nitrogen and oxygen atoms in total. The molecule has 2 aromatic rings. The molecule has 1 N–H and O–H groups in total. The van der Waals surface area contributed by atoms with Crippen LogP contribution in [0.3, 0.4) is 0 Å². The fourth-order valence-corrected chi connectivity index (χ4v) is 3.83. The number of oxime groups is 1. The van der Waals surface area contributed by atoms with Crippen molar-refractivity contribution in [3.05, 3.63) is 63.1 Å². The molecule has 0 spiro atoms. The van der Waals surface area contributed by atoms with Crippen LogP contribution in [-0.2, 0) is 18.7 Å². The number of hydrogen-bond donors (Lipinski definition) is 1. The third-order valence-electron chi connectivity index (χ3n) is 3.75. The predicted octanol–water partition coefficient (Wildman–Crippen LogP) is 5.93. The van der Waals surface area contributed by atoms with E-state index in [1.54, 1.807) is 13.8 Å². The minimum atomic E-state index is -4.40. The molecule has 11 heteroatoms. The molecule has 0 bridgehead atoms. The van der Waals surface area contributed by atoms with Gasteiger partial charge in [0.2, 0.25) is 0 Å². The standard InChI is InChI=1S/C19H19Cl3NO6P/c1-3-12(2)29-30(25,26)19(13-4-6-14(20)7-5-13)23-28-18(24)11-27-15-8-9-16(21)17(22)10-15/h4-10,12H,3,11H2,1-2H3,(H,25,26). The van der Waals surface area contributed by atoms with Gasteiger partial charge in [-0.25, -0.2) is 4.79 Å². The summed E-state index contributed by atoms with van der Waals surface area (Å²) in [5.41, 5.74) is -0.214. The molecule has 0 aliphatic carbocycles. The molecule has 0 saturated carbocycles. The summed E-state index contributed by atoms with van der Waals surface area (Å²) in [7, 11) is -4.40. The number of halogens is 3. The number of carbonyl (C=O) groups is 1. The van der Waals surface area contributed by atoms with Gasteiger partial charge in [-0.05, 0) is 37.6 Å². The van der Waals surface area contributed by atoms with Crippen LogP contribution >= 0.6 is 42.4 Å². The van der Waals surface area contributed by atoms with E-state index in [1.165, 1.54) is 42.5 Å². The summed E-state index contributed by atoms with van der Waals surface area (Å²) in [5.74, 6) is -0.618. The van der Waals surface area contributed by atoms with Gasteiger partial charge in [0.15, 0.2) is 12.1 Å². The Bertz CT molecular complexity index is 967. The number of ether oxygens (including phenoxy) is 1. The Morgan fingerprint density at radius 2 is 1.80 bits per heavy atom. The molecule has 2 rings (SSSR count). The fraction of sp³-hybridized carbons (Fsp3) is 0.263. The van der Waals surface area contributed by atoms with Crippen molar-refractivity contribution in [1.29, 1.82) is 0 Å². The third kappa shape index (κ3) is 7.27. The first kappa shape index (κ1) is 24.7. The van der Waals surface area contributed by atoms with Crippen molar-refractivity contribution < 1.29 is 28.4 Å². The zero-order chi connectivity index (χ0) is 22.3. The minimum Gasteiger partial charge on any atom is -0.482 e. The lowest BCUT2D eigenvalue weighted by Gasteiger charge is -2.18. The zero-order valence-corrected chi connectivity index (χ0v) is 19.2. The molecular weight excluding hydrogens is 476 g/mol. The summed E-state index contributed by atoms with van der Waals surface area (Å²) < 4.78 is 23.2. The molecule has 0 fully saturated rings. The van der Waals surface area contributed by atoms with Gasteiger partial charge < -0.3 is 19.0 Å². The smallest absolute Gasteiger partial charge is 0.381 e. The van der Waals surface area contributed by atoms with E-state index in [0.717, 1.165) is 0 Å². The maximum atomic E-state index is 12.7. The van der Waals surface area contributed by atoms with Gasteiger partial charge >= 0.3 is 13.6 Å². The molecule has 0 heterocycles. The van der Waals surface area contributed by atoms with E-state index >= 15 is 0 Å². The van der Waals surface area contributed by atoms with Crippen LogP contribution in [0.4, 0.5) is 0 Å². The summed E-state index contributed by atoms with van der Waals surface area (Å²) in [4.78, 5) is 27.2. The van der Waals surface area contributed by atoms with Crippen LogP contribution in [0.2, 0.25) is 15.1 Å². The van der Waals surface area contributed by atoms with E-state index in [1.807, 2.05) is 0 Å². The van der Waals surface area contributed by atoms with Crippen LogP contribution in [0.1, 0.15) is 25.8 Å². The van der Waals surface area contributed by atoms with Crippen molar-refractivity contribution >= 4 is 53.8 Å². The van der Waals surface area contributed by atoms with Gasteiger partial charge in [-0.2, -0.15) is 0 Å². The van der Waals surface area contributed by atoms with E-state index in [-0.39, 0.29) is 16.3 Å². The molecule has 0 aliphatic heterocycles. The monoisotopic (exact) mass is 493 g/mol. The second kappa shape index (κ2) is 11.1. The maximum absolute atomic E-state index is 12.7. The average molecular weight is 495 g/mol. The Balaban J connectivity index is 2.16. The molecule has 2 aromatic carbocycles. The Morgan fingerprint density at radius 3 is 2.40 bits per heavy atom. The third-order valence-corrected chi connectivity index (χ3v) is 6.26. The summed E-state index contributed by atoms with van der Waals surface area (Å²) in [5, 5.41) is 4.60. The zero-order valence-electron chi connectivity index (χ0n) is 16.0. The molecule has 162 valence electrons. The normalized spacial score (nSPS) is 14.7. The number of rotatable bonds is 9. The topological polar surface area (TPSA) is 94.4 Å². The van der Waals surface area contributed by atoms with Crippen LogP contribution in [0.5, 0.6) is 5.75 Å². The van der Waals surface area contributed by atoms with E-state index in [9.17, 15) is 14.3 Å². The highest BCUT2D eigenvalue weighted by Crippen LogP contribution is 2.48. The van der Waals surface area contributed by atoms with Crippen LogP contribution in [-0.4, -0.2) is 29.0 Å². The van der Waals surface area contributed by atoms with Gasteiger partial charge in [-0.1, -0.05) is 59.0 Å². The Hall–Kier alpha value is -1.60. The van der Waals surface area contributed by atoms with Crippen molar-refractivity contribution in [3.8, 4) is 5.75 Å². The minimum absolute atomic E-state index is 0.215. The van der Waals surface area contributed by atoms with Crippen LogP contribution in [0.15, 0.2) is 47.6 Å². The lowest BCUT2D eigenvalue weighted by molar-refractivity contribution is -0.145. The van der Waals surface area contributed by atoms with Crippen molar-refractivity contribution in [2.75, 3.05) is 6.61 Å². The first-order valence-corrected chi connectivity index (χ1v) is 11.5. The van der Waals surface area contributed by atoms with Crippen LogP contribution < -0.4 is 4.74 Å². The first-order chi connectivity index (χ1) is 14.1. The summed E-state index contributed by atoms with van der Waals surface area (Å²) in [6, 6.07) is 10.4. The highest BCUT2D eigenvalue weighted by molar-refractivity contribution is 7.72. The van der Waals surface area contributed by atoms with Crippen LogP contribution in [0.25, 0.3) is 0 Å². The van der Waals surface area contributed by atoms with Gasteiger partial charge in [-0.3, -0.25) is 4.57 Å². The van der Waals surface area contributed by atoms with Gasteiger partial charge in [0.1, 0.15) is 5.75 Å². The van der Waals surface area contributed by atoms with Gasteiger partial charge in [-0.15, -0.1) is 0 Å². The molecule has 0 aromatic heterocycles. The number of hydrogen-bond acceptors (Lipinski definition) is 6. The second-order valence-corrected chi connectivity index (χ2v) is 9.02. The molecule has 0 radical (unpaired) electrons. The quantitative estimate of drug-likeness (QED) is 0.201. The van der Waals surface area contributed by atoms with Crippen molar-refractivity contribution in [1.82, 2.24) is 0 Å². The van der Waals surface area contributed by atoms with Crippen molar-refractivity contribution in [2.45, 2.75) is 26.4 Å². The molecule has 2 atom stereocenters. The Morgan fingerprint density at radius 1 is 1.13 bits per heavy atom. The van der Waals surface area contributed by atoms with Crippen LogP contribution in [0, 0.1) is 0 Å². The number of benzene rings is 2. The molecule has 30 heavy (non-hydrogen) atoms.